The van der Waals surface area contributed by atoms with Gasteiger partial charge in [0.25, 0.3) is 0 Å². The van der Waals surface area contributed by atoms with Gasteiger partial charge in [0.1, 0.15) is 5.75 Å². The van der Waals surface area contributed by atoms with Crippen LogP contribution in [0.4, 0.5) is 0 Å². The van der Waals surface area contributed by atoms with Gasteiger partial charge in [-0.3, -0.25) is 0 Å². The summed E-state index contributed by atoms with van der Waals surface area (Å²) in [6.45, 7) is 0. The van der Waals surface area contributed by atoms with Crippen molar-refractivity contribution in [2.75, 3.05) is 14.2 Å². The van der Waals surface area contributed by atoms with E-state index in [1.54, 1.807) is 30.3 Å². The van der Waals surface area contributed by atoms with E-state index in [-0.39, 0.29) is 17.2 Å². The predicted octanol–water partition coefficient (Wildman–Crippen LogP) is 1.96. The first kappa shape index (κ1) is 15.9. The fraction of sp³-hybridized carbons (Fsp3) is 0.125. The Morgan fingerprint density at radius 1 is 0.773 bits per heavy atom. The van der Waals surface area contributed by atoms with Crippen LogP contribution in [0.15, 0.2) is 36.4 Å². The minimum atomic E-state index is -0.647. The van der Waals surface area contributed by atoms with Gasteiger partial charge < -0.3 is 24.6 Å². The van der Waals surface area contributed by atoms with E-state index >= 15 is 0 Å². The van der Waals surface area contributed by atoms with Crippen molar-refractivity contribution in [3.05, 3.63) is 47.5 Å². The first-order valence-electron chi connectivity index (χ1n) is 6.63. The molecule has 0 aliphatic carbocycles. The molecule has 0 atom stereocenters. The minimum Gasteiger partial charge on any atom is -0.508 e. The summed E-state index contributed by atoms with van der Waals surface area (Å²) in [5.74, 6) is -0.243. The van der Waals surface area contributed by atoms with Crippen molar-refractivity contribution in [1.29, 1.82) is 0 Å². The number of benzene rings is 2. The maximum Gasteiger partial charge on any atom is 0.497 e. The Kier molecular flexibility index (Phi) is 5.09. The smallest absolute Gasteiger partial charge is 0.497 e. The second-order valence-corrected chi connectivity index (χ2v) is 4.70. The molecule has 22 heavy (non-hydrogen) atoms. The fourth-order valence-corrected chi connectivity index (χ4v) is 2.05. The number of hydrogen-bond acceptors (Lipinski definition) is 5. The van der Waals surface area contributed by atoms with Gasteiger partial charge in [0.05, 0.1) is 0 Å². The van der Waals surface area contributed by atoms with Crippen LogP contribution >= 0.6 is 0 Å². The van der Waals surface area contributed by atoms with Crippen molar-refractivity contribution in [3.63, 3.8) is 0 Å². The fourth-order valence-electron chi connectivity index (χ4n) is 2.05. The zero-order chi connectivity index (χ0) is 16.1. The molecule has 3 N–H and O–H groups in total. The molecule has 0 unspecified atom stereocenters. The molecular weight excluding hydrogens is 283 g/mol. The maximum absolute atomic E-state index is 9.87. The number of phenolic OH excluding ortho intramolecular Hbond substituents is 3. The molecule has 6 heteroatoms. The molecule has 0 radical (unpaired) electrons. The van der Waals surface area contributed by atoms with E-state index in [0.29, 0.717) is 5.46 Å². The summed E-state index contributed by atoms with van der Waals surface area (Å²) in [7, 11) is 2.34. The van der Waals surface area contributed by atoms with Crippen molar-refractivity contribution in [3.8, 4) is 17.2 Å². The molecule has 0 saturated heterocycles. The average Bonchev–Trinajstić information content (AvgIpc) is 2.52. The predicted molar refractivity (Wildman–Crippen MR) is 86.2 cm³/mol. The first-order valence-corrected chi connectivity index (χ1v) is 6.63. The number of hydrogen-bond donors (Lipinski definition) is 3. The van der Waals surface area contributed by atoms with Gasteiger partial charge in [-0.05, 0) is 29.3 Å². The van der Waals surface area contributed by atoms with E-state index < -0.39 is 7.12 Å². The summed E-state index contributed by atoms with van der Waals surface area (Å²) in [5, 5.41) is 28.6. The van der Waals surface area contributed by atoms with Gasteiger partial charge in [-0.15, -0.1) is 0 Å². The monoisotopic (exact) mass is 300 g/mol. The van der Waals surface area contributed by atoms with Crippen LogP contribution in [-0.4, -0.2) is 36.7 Å². The lowest BCUT2D eigenvalue weighted by molar-refractivity contribution is 0.290. The molecule has 2 rings (SSSR count). The molecular formula is C16H17BO5. The lowest BCUT2D eigenvalue weighted by atomic mass is 9.77. The Morgan fingerprint density at radius 3 is 1.86 bits per heavy atom. The maximum atomic E-state index is 9.87. The van der Waals surface area contributed by atoms with Crippen molar-refractivity contribution in [2.45, 2.75) is 0 Å². The molecule has 0 heterocycles. The Labute approximate surface area is 129 Å². The third-order valence-corrected chi connectivity index (χ3v) is 3.20. The third kappa shape index (κ3) is 3.60. The van der Waals surface area contributed by atoms with E-state index in [1.165, 1.54) is 26.4 Å². The van der Waals surface area contributed by atoms with Crippen LogP contribution in [0.1, 0.15) is 11.1 Å². The SMILES string of the molecule is COB(OC)c1cc(/C=C/c2ccc(O)c(O)c2)ccc1O. The van der Waals surface area contributed by atoms with Gasteiger partial charge >= 0.3 is 7.12 Å². The van der Waals surface area contributed by atoms with Gasteiger partial charge in [0.2, 0.25) is 0 Å². The van der Waals surface area contributed by atoms with Crippen molar-refractivity contribution >= 4 is 24.7 Å². The molecule has 2 aromatic carbocycles. The summed E-state index contributed by atoms with van der Waals surface area (Å²) in [6.07, 6.45) is 3.60. The highest BCUT2D eigenvalue weighted by Crippen LogP contribution is 2.25. The molecule has 0 bridgehead atoms. The molecule has 0 fully saturated rings. The summed E-state index contributed by atoms with van der Waals surface area (Å²) >= 11 is 0. The molecule has 2 aromatic rings. The molecule has 0 aliphatic rings. The standard InChI is InChI=1S/C16H17BO5/c1-21-17(22-2)13-9-11(5-7-14(13)18)3-4-12-6-8-15(19)16(20)10-12/h3-10,18-20H,1-2H3/b4-3+. The molecule has 0 aromatic heterocycles. The second kappa shape index (κ2) is 7.02. The first-order chi connectivity index (χ1) is 10.5. The molecule has 0 aliphatic heterocycles. The lowest BCUT2D eigenvalue weighted by Crippen LogP contribution is -2.35. The van der Waals surface area contributed by atoms with Crippen LogP contribution in [0.5, 0.6) is 17.2 Å². The van der Waals surface area contributed by atoms with Crippen molar-refractivity contribution in [1.82, 2.24) is 0 Å². The van der Waals surface area contributed by atoms with E-state index in [9.17, 15) is 15.3 Å². The Balaban J connectivity index is 2.27. The quantitative estimate of drug-likeness (QED) is 0.447. The minimum absolute atomic E-state index is 0.0909. The van der Waals surface area contributed by atoms with Gasteiger partial charge in [0.15, 0.2) is 11.5 Å². The van der Waals surface area contributed by atoms with E-state index in [1.807, 2.05) is 6.08 Å². The zero-order valence-electron chi connectivity index (χ0n) is 12.4. The third-order valence-electron chi connectivity index (χ3n) is 3.20. The average molecular weight is 300 g/mol. The summed E-state index contributed by atoms with van der Waals surface area (Å²) in [5.41, 5.74) is 2.10. The topological polar surface area (TPSA) is 79.2 Å². The largest absolute Gasteiger partial charge is 0.508 e. The lowest BCUT2D eigenvalue weighted by Gasteiger charge is -2.11. The zero-order valence-corrected chi connectivity index (χ0v) is 12.4. The highest BCUT2D eigenvalue weighted by molar-refractivity contribution is 6.62. The Bertz CT molecular complexity index is 680. The van der Waals surface area contributed by atoms with Gasteiger partial charge in [-0.25, -0.2) is 0 Å². The van der Waals surface area contributed by atoms with Crippen molar-refractivity contribution in [2.24, 2.45) is 0 Å². The van der Waals surface area contributed by atoms with Gasteiger partial charge in [-0.2, -0.15) is 0 Å². The van der Waals surface area contributed by atoms with E-state index in [4.69, 9.17) is 9.31 Å². The highest BCUT2D eigenvalue weighted by atomic mass is 16.6. The highest BCUT2D eigenvalue weighted by Gasteiger charge is 2.21. The van der Waals surface area contributed by atoms with Crippen LogP contribution in [-0.2, 0) is 9.31 Å². The normalized spacial score (nSPS) is 11.0. The van der Waals surface area contributed by atoms with Crippen molar-refractivity contribution < 1.29 is 24.6 Å². The Hall–Kier alpha value is -2.44. The summed E-state index contributed by atoms with van der Waals surface area (Å²) in [6, 6.07) is 9.62. The number of phenols is 3. The Morgan fingerprint density at radius 2 is 1.32 bits per heavy atom. The van der Waals surface area contributed by atoms with E-state index in [0.717, 1.165) is 11.1 Å². The van der Waals surface area contributed by atoms with Crippen LogP contribution in [0.2, 0.25) is 0 Å². The molecule has 0 saturated carbocycles. The van der Waals surface area contributed by atoms with Gasteiger partial charge in [-0.1, -0.05) is 30.4 Å². The molecule has 5 nitrogen and oxygen atoms in total. The number of aromatic hydroxyl groups is 3. The van der Waals surface area contributed by atoms with Crippen LogP contribution < -0.4 is 5.46 Å². The molecule has 114 valence electrons. The van der Waals surface area contributed by atoms with Gasteiger partial charge in [0, 0.05) is 19.7 Å². The molecule has 0 amide bonds. The van der Waals surface area contributed by atoms with Crippen LogP contribution in [0, 0.1) is 0 Å². The second-order valence-electron chi connectivity index (χ2n) is 4.70. The van der Waals surface area contributed by atoms with Crippen LogP contribution in [0.3, 0.4) is 0 Å². The summed E-state index contributed by atoms with van der Waals surface area (Å²) in [4.78, 5) is 0. The van der Waals surface area contributed by atoms with E-state index in [2.05, 4.69) is 0 Å². The number of rotatable bonds is 5. The molecule has 0 spiro atoms. The summed E-state index contributed by atoms with van der Waals surface area (Å²) < 4.78 is 10.3. The van der Waals surface area contributed by atoms with Crippen LogP contribution in [0.25, 0.3) is 12.2 Å².